The van der Waals surface area contributed by atoms with Gasteiger partial charge >= 0.3 is 12.2 Å². The lowest BCUT2D eigenvalue weighted by molar-refractivity contribution is -0.135. The number of carbonyl (C=O) groups excluding carboxylic acids is 5. The molecule has 0 saturated carbocycles. The monoisotopic (exact) mass is 821 g/mol. The van der Waals surface area contributed by atoms with Crippen LogP contribution in [0.5, 0.6) is 0 Å². The Morgan fingerprint density at radius 1 is 0.705 bits per heavy atom. The largest absolute Gasteiger partial charge is 0.453 e. The fourth-order valence-electron chi connectivity index (χ4n) is 7.75. The second-order valence-corrected chi connectivity index (χ2v) is 14.8. The minimum atomic E-state index is -0.908. The van der Waals surface area contributed by atoms with Gasteiger partial charge in [0.1, 0.15) is 17.9 Å². The summed E-state index contributed by atoms with van der Waals surface area (Å²) in [6.07, 6.45) is 3.41. The van der Waals surface area contributed by atoms with Gasteiger partial charge in [-0.2, -0.15) is 0 Å². The first-order valence-electron chi connectivity index (χ1n) is 20.2. The molecule has 5 aromatic rings. The second-order valence-electron chi connectivity index (χ2n) is 14.8. The first-order valence-corrected chi connectivity index (χ1v) is 20.2. The normalized spacial score (nSPS) is 16.7. The summed E-state index contributed by atoms with van der Waals surface area (Å²) in [7, 11) is 2.52. The average Bonchev–Trinajstić information content (AvgIpc) is 4.11. The molecule has 0 bridgehead atoms. The third-order valence-corrected chi connectivity index (χ3v) is 11.0. The van der Waals surface area contributed by atoms with Gasteiger partial charge in [-0.15, -0.1) is 0 Å². The molecule has 14 heteroatoms. The summed E-state index contributed by atoms with van der Waals surface area (Å²) in [5.74, 6) is 6.26. The third kappa shape index (κ3) is 10.1. The topological polar surface area (TPSA) is 175 Å². The SMILES string of the molecule is COC(=O)NC(C(=O)N1CCCC1CNC(=O)c1ccc(C#Cc2ccc(-c3cnc(C4CCCN4C(=O)C(NC(=O)OC)c4ccccc4)[nH]3)cc2)cc1)c1ccccc1. The molecule has 7 rings (SSSR count). The van der Waals surface area contributed by atoms with Crippen LogP contribution < -0.4 is 16.0 Å². The maximum Gasteiger partial charge on any atom is 0.407 e. The number of benzene rings is 4. The summed E-state index contributed by atoms with van der Waals surface area (Å²) < 4.78 is 9.58. The molecule has 2 aliphatic heterocycles. The number of ether oxygens (including phenoxy) is 2. The predicted octanol–water partition coefficient (Wildman–Crippen LogP) is 6.06. The molecule has 0 radical (unpaired) electrons. The van der Waals surface area contributed by atoms with Gasteiger partial charge in [-0.25, -0.2) is 14.6 Å². The number of hydrogen-bond donors (Lipinski definition) is 4. The number of nitrogens with zero attached hydrogens (tertiary/aromatic N) is 3. The standard InChI is InChI=1S/C47H47N7O7/c1-60-46(58)51-40(34-11-5-3-6-12-34)44(56)53-27-9-15-37(53)29-49-43(55)36-25-21-32(22-26-36)18-17-31-19-23-33(24-20-31)38-30-48-42(50-38)39-16-10-28-54(39)45(57)41(52-47(59)61-2)35-13-7-4-8-14-35/h3-8,11-14,19-26,30,37,39-41H,9-10,15-16,27-29H2,1-2H3,(H,48,50)(H,49,55)(H,51,58)(H,52,59). The van der Waals surface area contributed by atoms with Crippen LogP contribution in [0.2, 0.25) is 0 Å². The maximum absolute atomic E-state index is 13.8. The van der Waals surface area contributed by atoms with Crippen molar-refractivity contribution in [1.82, 2.24) is 35.7 Å². The molecular formula is C47H47N7O7. The van der Waals surface area contributed by atoms with Gasteiger partial charge < -0.3 is 40.2 Å². The van der Waals surface area contributed by atoms with Crippen molar-refractivity contribution >= 4 is 29.9 Å². The predicted molar refractivity (Wildman–Crippen MR) is 227 cm³/mol. The number of amides is 5. The van der Waals surface area contributed by atoms with Crippen molar-refractivity contribution in [2.75, 3.05) is 33.9 Å². The number of likely N-dealkylation sites (tertiary alicyclic amines) is 2. The smallest absolute Gasteiger partial charge is 0.407 e. The Morgan fingerprint density at radius 2 is 1.23 bits per heavy atom. The summed E-state index contributed by atoms with van der Waals surface area (Å²) >= 11 is 0. The lowest BCUT2D eigenvalue weighted by atomic mass is 10.1. The first-order chi connectivity index (χ1) is 29.7. The summed E-state index contributed by atoms with van der Waals surface area (Å²) in [6.45, 7) is 1.32. The zero-order valence-electron chi connectivity index (χ0n) is 33.9. The fraction of sp³-hybridized carbons (Fsp3) is 0.277. The number of carbonyl (C=O) groups is 5. The number of aromatic nitrogens is 2. The molecule has 5 amide bonds. The molecule has 2 saturated heterocycles. The van der Waals surface area contributed by atoms with Crippen molar-refractivity contribution in [2.24, 2.45) is 0 Å². The Morgan fingerprint density at radius 3 is 1.80 bits per heavy atom. The van der Waals surface area contributed by atoms with Crippen molar-refractivity contribution in [3.8, 4) is 23.1 Å². The lowest BCUT2D eigenvalue weighted by Crippen LogP contribution is -2.48. The van der Waals surface area contributed by atoms with Gasteiger partial charge in [-0.05, 0) is 78.8 Å². The first kappa shape index (κ1) is 41.7. The zero-order chi connectivity index (χ0) is 42.7. The van der Waals surface area contributed by atoms with E-state index < -0.39 is 24.3 Å². The van der Waals surface area contributed by atoms with Crippen LogP contribution in [-0.4, -0.2) is 89.6 Å². The molecule has 4 N–H and O–H groups in total. The van der Waals surface area contributed by atoms with Crippen molar-refractivity contribution in [1.29, 1.82) is 0 Å². The van der Waals surface area contributed by atoms with Crippen LogP contribution in [-0.2, 0) is 19.1 Å². The van der Waals surface area contributed by atoms with Crippen molar-refractivity contribution in [2.45, 2.75) is 49.9 Å². The van der Waals surface area contributed by atoms with Gasteiger partial charge in [0, 0.05) is 42.4 Å². The quantitative estimate of drug-likeness (QED) is 0.116. The van der Waals surface area contributed by atoms with Crippen LogP contribution in [0.1, 0.15) is 82.2 Å². The van der Waals surface area contributed by atoms with E-state index in [9.17, 15) is 24.0 Å². The Hall–Kier alpha value is -7.40. The Labute approximate surface area is 354 Å². The average molecular weight is 822 g/mol. The highest BCUT2D eigenvalue weighted by Crippen LogP contribution is 2.34. The molecule has 0 spiro atoms. The highest BCUT2D eigenvalue weighted by atomic mass is 16.5. The Bertz CT molecular complexity index is 2390. The zero-order valence-corrected chi connectivity index (χ0v) is 33.9. The highest BCUT2D eigenvalue weighted by Gasteiger charge is 2.38. The van der Waals surface area contributed by atoms with Gasteiger partial charge in [0.15, 0.2) is 0 Å². The number of alkyl carbamates (subject to hydrolysis) is 2. The number of hydrogen-bond acceptors (Lipinski definition) is 8. The molecular weight excluding hydrogens is 775 g/mol. The highest BCUT2D eigenvalue weighted by molar-refractivity contribution is 5.94. The Kier molecular flexibility index (Phi) is 13.4. The molecule has 3 heterocycles. The lowest BCUT2D eigenvalue weighted by Gasteiger charge is -2.29. The van der Waals surface area contributed by atoms with Crippen molar-refractivity contribution in [3.63, 3.8) is 0 Å². The van der Waals surface area contributed by atoms with E-state index in [0.29, 0.717) is 35.6 Å². The summed E-state index contributed by atoms with van der Waals surface area (Å²) in [6, 6.07) is 30.6. The molecule has 1 aromatic heterocycles. The van der Waals surface area contributed by atoms with Gasteiger partial charge in [0.05, 0.1) is 32.2 Å². The number of aromatic amines is 1. The second kappa shape index (κ2) is 19.6. The van der Waals surface area contributed by atoms with E-state index in [1.54, 1.807) is 76.7 Å². The molecule has 4 aromatic carbocycles. The fourth-order valence-corrected chi connectivity index (χ4v) is 7.75. The van der Waals surface area contributed by atoms with Gasteiger partial charge in [-0.1, -0.05) is 84.6 Å². The molecule has 0 aliphatic carbocycles. The van der Waals surface area contributed by atoms with E-state index in [1.165, 1.54) is 14.2 Å². The van der Waals surface area contributed by atoms with Crippen molar-refractivity contribution < 1.29 is 33.4 Å². The van der Waals surface area contributed by atoms with Crippen molar-refractivity contribution in [3.05, 3.63) is 149 Å². The minimum Gasteiger partial charge on any atom is -0.453 e. The third-order valence-electron chi connectivity index (χ3n) is 11.0. The number of rotatable bonds is 11. The van der Waals surface area contributed by atoms with Crippen LogP contribution in [0.3, 0.4) is 0 Å². The number of H-pyrrole nitrogens is 1. The summed E-state index contributed by atoms with van der Waals surface area (Å²) in [5.41, 5.74) is 5.03. The molecule has 4 unspecified atom stereocenters. The van der Waals surface area contributed by atoms with Crippen LogP contribution in [0.15, 0.2) is 115 Å². The van der Waals surface area contributed by atoms with Crippen LogP contribution in [0, 0.1) is 11.8 Å². The summed E-state index contributed by atoms with van der Waals surface area (Å²) in [5, 5.41) is 8.32. The number of methoxy groups -OCH3 is 2. The van der Waals surface area contributed by atoms with Crippen LogP contribution in [0.4, 0.5) is 9.59 Å². The van der Waals surface area contributed by atoms with E-state index in [4.69, 9.17) is 9.47 Å². The van der Waals surface area contributed by atoms with Crippen LogP contribution in [0.25, 0.3) is 11.3 Å². The van der Waals surface area contributed by atoms with E-state index in [2.05, 4.69) is 37.8 Å². The van der Waals surface area contributed by atoms with E-state index in [-0.39, 0.29) is 36.3 Å². The number of imidazole rings is 1. The number of nitrogens with one attached hydrogen (secondary N) is 4. The van der Waals surface area contributed by atoms with Gasteiger partial charge in [-0.3, -0.25) is 14.4 Å². The van der Waals surface area contributed by atoms with Gasteiger partial charge in [0.25, 0.3) is 11.8 Å². The molecule has 312 valence electrons. The Balaban J connectivity index is 0.937. The van der Waals surface area contributed by atoms with Gasteiger partial charge in [0.2, 0.25) is 5.91 Å². The molecule has 14 nitrogen and oxygen atoms in total. The molecule has 2 aliphatic rings. The molecule has 4 atom stereocenters. The van der Waals surface area contributed by atoms with E-state index in [1.807, 2.05) is 48.5 Å². The minimum absolute atomic E-state index is 0.223. The molecule has 2 fully saturated rings. The molecule has 61 heavy (non-hydrogen) atoms. The summed E-state index contributed by atoms with van der Waals surface area (Å²) in [4.78, 5) is 76.5. The van der Waals surface area contributed by atoms with E-state index in [0.717, 1.165) is 48.1 Å². The van der Waals surface area contributed by atoms with E-state index >= 15 is 0 Å². The maximum atomic E-state index is 13.8. The van der Waals surface area contributed by atoms with Crippen LogP contribution >= 0.6 is 0 Å².